The van der Waals surface area contributed by atoms with Gasteiger partial charge in [-0.1, -0.05) is 22.9 Å². The third kappa shape index (κ3) is 3.11. The number of hydrogen-bond acceptors (Lipinski definition) is 4. The summed E-state index contributed by atoms with van der Waals surface area (Å²) in [4.78, 5) is 2.39. The van der Waals surface area contributed by atoms with Crippen molar-refractivity contribution in [3.63, 3.8) is 0 Å². The summed E-state index contributed by atoms with van der Waals surface area (Å²) in [6.07, 6.45) is 2.53. The zero-order chi connectivity index (χ0) is 13.1. The Hall–Kier alpha value is -1.59. The van der Waals surface area contributed by atoms with E-state index in [4.69, 9.17) is 4.52 Å². The molecule has 5 nitrogen and oxygen atoms in total. The van der Waals surface area contributed by atoms with Gasteiger partial charge in [0.05, 0.1) is 17.4 Å². The normalized spacial score (nSPS) is 15.2. The molecule has 0 bridgehead atoms. The smallest absolute Gasteiger partial charge is 0.264 e. The van der Waals surface area contributed by atoms with Gasteiger partial charge in [0.15, 0.2) is 12.5 Å². The molecule has 1 saturated heterocycles. The van der Waals surface area contributed by atoms with Crippen LogP contribution in [0.25, 0.3) is 11.3 Å². The van der Waals surface area contributed by atoms with Crippen molar-refractivity contribution in [1.29, 1.82) is 0 Å². The molecule has 6 heteroatoms. The molecule has 1 aliphatic rings. The Morgan fingerprint density at radius 3 is 2.60 bits per heavy atom. The summed E-state index contributed by atoms with van der Waals surface area (Å²) in [6, 6.07) is 9.55. The second-order valence-electron chi connectivity index (χ2n) is 4.85. The molecule has 20 heavy (non-hydrogen) atoms. The predicted molar refractivity (Wildman–Crippen MR) is 74.5 cm³/mol. The van der Waals surface area contributed by atoms with Gasteiger partial charge in [-0.05, 0) is 38.1 Å². The molecular formula is C14H18ClN3O2. The minimum Gasteiger partial charge on any atom is -0.539 e. The van der Waals surface area contributed by atoms with Crippen molar-refractivity contribution in [3.05, 3.63) is 30.3 Å². The van der Waals surface area contributed by atoms with Crippen LogP contribution in [0.1, 0.15) is 12.8 Å². The first kappa shape index (κ1) is 14.8. The molecule has 2 heterocycles. The molecule has 1 aliphatic heterocycles. The molecule has 1 fully saturated rings. The average molecular weight is 296 g/mol. The zero-order valence-corrected chi connectivity index (χ0v) is 12.0. The van der Waals surface area contributed by atoms with Gasteiger partial charge in [-0.25, -0.2) is 0 Å². The van der Waals surface area contributed by atoms with Crippen LogP contribution >= 0.6 is 12.4 Å². The molecule has 2 aromatic rings. The highest BCUT2D eigenvalue weighted by atomic mass is 35.5. The van der Waals surface area contributed by atoms with Crippen LogP contribution < -0.4 is 9.79 Å². The Bertz CT molecular complexity index is 539. The number of nitrogens with zero attached hydrogens (tertiary/aromatic N) is 3. The zero-order valence-electron chi connectivity index (χ0n) is 11.2. The quantitative estimate of drug-likeness (QED) is 0.796. The number of likely N-dealkylation sites (tertiary alicyclic amines) is 1. The largest absolute Gasteiger partial charge is 0.539 e. The third-order valence-corrected chi connectivity index (χ3v) is 3.55. The molecule has 0 spiro atoms. The number of benzene rings is 1. The molecule has 0 amide bonds. The lowest BCUT2D eigenvalue weighted by molar-refractivity contribution is -0.752. The lowest BCUT2D eigenvalue weighted by Crippen LogP contribution is -2.43. The summed E-state index contributed by atoms with van der Waals surface area (Å²) >= 11 is 0. The van der Waals surface area contributed by atoms with Gasteiger partial charge in [0.25, 0.3) is 5.69 Å². The molecule has 1 aromatic heterocycles. The highest BCUT2D eigenvalue weighted by Gasteiger charge is 2.21. The van der Waals surface area contributed by atoms with Gasteiger partial charge in [0.2, 0.25) is 0 Å². The van der Waals surface area contributed by atoms with Crippen molar-refractivity contribution in [3.8, 4) is 17.2 Å². The van der Waals surface area contributed by atoms with Crippen molar-refractivity contribution in [2.75, 3.05) is 19.6 Å². The second kappa shape index (κ2) is 6.72. The molecule has 0 atom stereocenters. The summed E-state index contributed by atoms with van der Waals surface area (Å²) in [5.74, 6) is -0.368. The van der Waals surface area contributed by atoms with Gasteiger partial charge >= 0.3 is 0 Å². The Kier molecular flexibility index (Phi) is 4.98. The summed E-state index contributed by atoms with van der Waals surface area (Å²) in [7, 11) is 0. The Labute approximate surface area is 124 Å². The van der Waals surface area contributed by atoms with E-state index in [0.717, 1.165) is 25.2 Å². The van der Waals surface area contributed by atoms with Gasteiger partial charge in [-0.2, -0.15) is 0 Å². The van der Waals surface area contributed by atoms with Crippen LogP contribution in [0.15, 0.2) is 34.9 Å². The van der Waals surface area contributed by atoms with Crippen LogP contribution in [0.2, 0.25) is 0 Å². The molecule has 3 rings (SSSR count). The Morgan fingerprint density at radius 1 is 1.20 bits per heavy atom. The van der Waals surface area contributed by atoms with Crippen LogP contribution in [0, 0.1) is 0 Å². The first-order chi connectivity index (χ1) is 9.34. The van der Waals surface area contributed by atoms with Crippen LogP contribution in [0.5, 0.6) is 5.95 Å². The summed E-state index contributed by atoms with van der Waals surface area (Å²) in [5, 5.41) is 15.6. The van der Waals surface area contributed by atoms with E-state index in [2.05, 4.69) is 10.2 Å². The number of hydrogen-bond donors (Lipinski definition) is 0. The van der Waals surface area contributed by atoms with Gasteiger partial charge in [-0.15, -0.1) is 12.4 Å². The van der Waals surface area contributed by atoms with Gasteiger partial charge in [0.1, 0.15) is 0 Å². The van der Waals surface area contributed by atoms with E-state index in [1.54, 1.807) is 4.68 Å². The Balaban J connectivity index is 0.00000147. The standard InChI is InChI=1S/C14H17N3O2.ClH/c18-14-13(12-6-2-1-3-7-12)17(15-19-14)11-10-16-8-4-5-9-16;/h1-3,6-7H,4-5,8-11H2;1H. The maximum absolute atomic E-state index is 11.8. The van der Waals surface area contributed by atoms with Crippen molar-refractivity contribution in [2.24, 2.45) is 0 Å². The predicted octanol–water partition coefficient (Wildman–Crippen LogP) is 1.22. The number of halogens is 1. The van der Waals surface area contributed by atoms with E-state index in [0.29, 0.717) is 12.2 Å². The highest BCUT2D eigenvalue weighted by Crippen LogP contribution is 2.22. The lowest BCUT2D eigenvalue weighted by atomic mass is 10.1. The number of aromatic nitrogens is 2. The van der Waals surface area contributed by atoms with E-state index >= 15 is 0 Å². The van der Waals surface area contributed by atoms with E-state index in [-0.39, 0.29) is 18.4 Å². The molecule has 108 valence electrons. The average Bonchev–Trinajstić information content (AvgIpc) is 3.07. The van der Waals surface area contributed by atoms with Crippen molar-refractivity contribution < 1.29 is 14.3 Å². The first-order valence-corrected chi connectivity index (χ1v) is 6.69. The Morgan fingerprint density at radius 2 is 1.90 bits per heavy atom. The van der Waals surface area contributed by atoms with Gasteiger partial charge in [-0.3, -0.25) is 4.90 Å². The molecular weight excluding hydrogens is 278 g/mol. The molecule has 0 unspecified atom stereocenters. The molecule has 0 saturated carbocycles. The third-order valence-electron chi connectivity index (χ3n) is 3.55. The molecule has 0 aliphatic carbocycles. The molecule has 0 N–H and O–H groups in total. The minimum atomic E-state index is -0.368. The van der Waals surface area contributed by atoms with Gasteiger partial charge in [0, 0.05) is 0 Å². The molecule has 1 aromatic carbocycles. The fraction of sp³-hybridized carbons (Fsp3) is 0.429. The maximum atomic E-state index is 11.8. The maximum Gasteiger partial charge on any atom is 0.264 e. The summed E-state index contributed by atoms with van der Waals surface area (Å²) < 4.78 is 6.48. The fourth-order valence-corrected chi connectivity index (χ4v) is 2.53. The summed E-state index contributed by atoms with van der Waals surface area (Å²) in [6.45, 7) is 3.89. The lowest BCUT2D eigenvalue weighted by Gasteiger charge is -2.10. The highest BCUT2D eigenvalue weighted by molar-refractivity contribution is 5.85. The van der Waals surface area contributed by atoms with Crippen LogP contribution in [0.3, 0.4) is 0 Å². The van der Waals surface area contributed by atoms with Crippen molar-refractivity contribution >= 4 is 12.4 Å². The fourth-order valence-electron chi connectivity index (χ4n) is 2.53. The van der Waals surface area contributed by atoms with E-state index in [1.807, 2.05) is 30.3 Å². The minimum absolute atomic E-state index is 0. The monoisotopic (exact) mass is 295 g/mol. The van der Waals surface area contributed by atoms with E-state index < -0.39 is 0 Å². The molecule has 0 radical (unpaired) electrons. The van der Waals surface area contributed by atoms with E-state index in [1.165, 1.54) is 12.8 Å². The second-order valence-corrected chi connectivity index (χ2v) is 4.85. The topological polar surface area (TPSA) is 56.2 Å². The van der Waals surface area contributed by atoms with Crippen LogP contribution in [-0.2, 0) is 6.54 Å². The van der Waals surface area contributed by atoms with Crippen molar-refractivity contribution in [2.45, 2.75) is 19.4 Å². The first-order valence-electron chi connectivity index (χ1n) is 6.69. The van der Waals surface area contributed by atoms with Crippen molar-refractivity contribution in [1.82, 2.24) is 10.2 Å². The SMILES string of the molecule is Cl.[O-]c1on[n+](CCN2CCCC2)c1-c1ccccc1. The van der Waals surface area contributed by atoms with E-state index in [9.17, 15) is 5.11 Å². The summed E-state index contributed by atoms with van der Waals surface area (Å²) in [5.41, 5.74) is 1.40. The number of rotatable bonds is 4. The van der Waals surface area contributed by atoms with Crippen LogP contribution in [0.4, 0.5) is 0 Å². The van der Waals surface area contributed by atoms with Crippen LogP contribution in [-0.4, -0.2) is 29.8 Å². The van der Waals surface area contributed by atoms with Gasteiger partial charge < -0.3 is 9.63 Å².